The van der Waals surface area contributed by atoms with Gasteiger partial charge in [-0.05, 0) is 44.7 Å². The molecular weight excluding hydrogens is 304 g/mol. The fourth-order valence-corrected chi connectivity index (χ4v) is 4.15. The first-order chi connectivity index (χ1) is 10.3. The molecule has 0 amide bonds. The van der Waals surface area contributed by atoms with Gasteiger partial charge in [0.1, 0.15) is 0 Å². The van der Waals surface area contributed by atoms with Gasteiger partial charge in [0.2, 0.25) is 10.0 Å². The van der Waals surface area contributed by atoms with Gasteiger partial charge in [0.25, 0.3) is 0 Å². The lowest BCUT2D eigenvalue weighted by atomic mass is 9.93. The predicted molar refractivity (Wildman–Crippen MR) is 83.1 cm³/mol. The van der Waals surface area contributed by atoms with E-state index in [1.54, 1.807) is 13.0 Å². The molecule has 7 heteroatoms. The first kappa shape index (κ1) is 16.9. The molecule has 2 rings (SSSR count). The Labute approximate surface area is 131 Å². The molecule has 1 saturated carbocycles. The minimum Gasteiger partial charge on any atom is -0.465 e. The highest BCUT2D eigenvalue weighted by atomic mass is 32.2. The summed E-state index contributed by atoms with van der Waals surface area (Å²) < 4.78 is 32.5. The molecule has 0 radical (unpaired) electrons. The van der Waals surface area contributed by atoms with Crippen LogP contribution in [0.3, 0.4) is 0 Å². The second kappa shape index (κ2) is 6.76. The van der Waals surface area contributed by atoms with Crippen molar-refractivity contribution in [2.24, 2.45) is 5.73 Å². The molecule has 0 aliphatic heterocycles. The number of carbonyl (C=O) groups is 1. The lowest BCUT2D eigenvalue weighted by molar-refractivity contribution is 0.0596. The van der Waals surface area contributed by atoms with Crippen molar-refractivity contribution in [3.63, 3.8) is 0 Å². The maximum atomic E-state index is 12.6. The molecule has 0 spiro atoms. The smallest absolute Gasteiger partial charge is 0.339 e. The van der Waals surface area contributed by atoms with Crippen LogP contribution < -0.4 is 10.5 Å². The zero-order valence-electron chi connectivity index (χ0n) is 12.8. The highest BCUT2D eigenvalue weighted by molar-refractivity contribution is 7.89. The SMILES string of the molecule is COC(=O)c1cc(C)ccc1S(=O)(=O)NC1CCC(N)CC1. The van der Waals surface area contributed by atoms with Gasteiger partial charge in [-0.25, -0.2) is 17.9 Å². The Balaban J connectivity index is 2.27. The Morgan fingerprint density at radius 2 is 1.91 bits per heavy atom. The van der Waals surface area contributed by atoms with E-state index in [1.165, 1.54) is 19.2 Å². The van der Waals surface area contributed by atoms with Gasteiger partial charge >= 0.3 is 5.97 Å². The maximum absolute atomic E-state index is 12.6. The summed E-state index contributed by atoms with van der Waals surface area (Å²) in [6, 6.07) is 4.63. The standard InChI is InChI=1S/C15H22N2O4S/c1-10-3-8-14(13(9-10)15(18)21-2)22(19,20)17-12-6-4-11(16)5-7-12/h3,8-9,11-12,17H,4-7,16H2,1-2H3. The van der Waals surface area contributed by atoms with Gasteiger partial charge in [0.15, 0.2) is 0 Å². The molecule has 122 valence electrons. The summed E-state index contributed by atoms with van der Waals surface area (Å²) in [6.07, 6.45) is 3.01. The first-order valence-electron chi connectivity index (χ1n) is 7.30. The topological polar surface area (TPSA) is 98.5 Å². The number of aryl methyl sites for hydroxylation is 1. The van der Waals surface area contributed by atoms with Gasteiger partial charge in [-0.2, -0.15) is 0 Å². The van der Waals surface area contributed by atoms with Crippen LogP contribution in [-0.4, -0.2) is 33.6 Å². The third-order valence-corrected chi connectivity index (χ3v) is 5.50. The van der Waals surface area contributed by atoms with Crippen molar-refractivity contribution in [3.05, 3.63) is 29.3 Å². The summed E-state index contributed by atoms with van der Waals surface area (Å²) in [5.74, 6) is -0.658. The van der Waals surface area contributed by atoms with E-state index in [0.29, 0.717) is 12.8 Å². The van der Waals surface area contributed by atoms with Crippen LogP contribution >= 0.6 is 0 Å². The number of benzene rings is 1. The minimum atomic E-state index is -3.77. The van der Waals surface area contributed by atoms with Crippen molar-refractivity contribution in [2.75, 3.05) is 7.11 Å². The number of sulfonamides is 1. The summed E-state index contributed by atoms with van der Waals surface area (Å²) in [4.78, 5) is 11.8. The molecule has 3 N–H and O–H groups in total. The first-order valence-corrected chi connectivity index (χ1v) is 8.78. The fraction of sp³-hybridized carbons (Fsp3) is 0.533. The van der Waals surface area contributed by atoms with E-state index >= 15 is 0 Å². The zero-order valence-corrected chi connectivity index (χ0v) is 13.7. The second-order valence-electron chi connectivity index (χ2n) is 5.72. The van der Waals surface area contributed by atoms with Gasteiger partial charge in [0.05, 0.1) is 17.6 Å². The minimum absolute atomic E-state index is 0.0418. The van der Waals surface area contributed by atoms with Crippen LogP contribution in [0.4, 0.5) is 0 Å². The predicted octanol–water partition coefficient (Wildman–Crippen LogP) is 1.33. The average molecular weight is 326 g/mol. The molecule has 0 saturated heterocycles. The molecule has 0 atom stereocenters. The summed E-state index contributed by atoms with van der Waals surface area (Å²) in [6.45, 7) is 1.79. The van der Waals surface area contributed by atoms with Gasteiger partial charge < -0.3 is 10.5 Å². The van der Waals surface area contributed by atoms with Crippen LogP contribution in [0, 0.1) is 6.92 Å². The van der Waals surface area contributed by atoms with E-state index in [0.717, 1.165) is 18.4 Å². The number of nitrogens with two attached hydrogens (primary N) is 1. The molecule has 1 aromatic carbocycles. The molecule has 1 aliphatic carbocycles. The Kier molecular flexibility index (Phi) is 5.20. The van der Waals surface area contributed by atoms with E-state index in [-0.39, 0.29) is 22.5 Å². The summed E-state index contributed by atoms with van der Waals surface area (Å²) >= 11 is 0. The van der Waals surface area contributed by atoms with Crippen molar-refractivity contribution in [3.8, 4) is 0 Å². The van der Waals surface area contributed by atoms with Gasteiger partial charge in [-0.15, -0.1) is 0 Å². The number of methoxy groups -OCH3 is 1. The summed E-state index contributed by atoms with van der Waals surface area (Å²) in [5.41, 5.74) is 6.68. The lowest BCUT2D eigenvalue weighted by Gasteiger charge is -2.26. The number of esters is 1. The monoisotopic (exact) mass is 326 g/mol. The van der Waals surface area contributed by atoms with Crippen LogP contribution in [-0.2, 0) is 14.8 Å². The zero-order chi connectivity index (χ0) is 16.3. The number of carbonyl (C=O) groups excluding carboxylic acids is 1. The van der Waals surface area contributed by atoms with E-state index in [2.05, 4.69) is 9.46 Å². The van der Waals surface area contributed by atoms with Crippen molar-refractivity contribution < 1.29 is 17.9 Å². The number of nitrogens with one attached hydrogen (secondary N) is 1. The number of hydrogen-bond acceptors (Lipinski definition) is 5. The maximum Gasteiger partial charge on any atom is 0.339 e. The van der Waals surface area contributed by atoms with Gasteiger partial charge in [0, 0.05) is 12.1 Å². The number of rotatable bonds is 4. The lowest BCUT2D eigenvalue weighted by Crippen LogP contribution is -2.40. The molecule has 0 heterocycles. The van der Waals surface area contributed by atoms with E-state index in [4.69, 9.17) is 5.73 Å². The van der Waals surface area contributed by atoms with Crippen molar-refractivity contribution in [1.29, 1.82) is 0 Å². The molecule has 6 nitrogen and oxygen atoms in total. The van der Waals surface area contributed by atoms with E-state index in [9.17, 15) is 13.2 Å². The summed E-state index contributed by atoms with van der Waals surface area (Å²) in [7, 11) is -2.54. The molecule has 0 aromatic heterocycles. The van der Waals surface area contributed by atoms with E-state index in [1.807, 2.05) is 0 Å². The molecule has 0 bridgehead atoms. The van der Waals surface area contributed by atoms with Gasteiger partial charge in [-0.3, -0.25) is 0 Å². The Bertz CT molecular complexity index is 650. The van der Waals surface area contributed by atoms with Crippen molar-refractivity contribution in [1.82, 2.24) is 4.72 Å². The Morgan fingerprint density at radius 1 is 1.27 bits per heavy atom. The fourth-order valence-electron chi connectivity index (χ4n) is 2.67. The molecule has 22 heavy (non-hydrogen) atoms. The molecule has 1 fully saturated rings. The highest BCUT2D eigenvalue weighted by Gasteiger charge is 2.28. The number of ether oxygens (including phenoxy) is 1. The summed E-state index contributed by atoms with van der Waals surface area (Å²) in [5, 5.41) is 0. The van der Waals surface area contributed by atoms with Crippen LogP contribution in [0.15, 0.2) is 23.1 Å². The highest BCUT2D eigenvalue weighted by Crippen LogP contribution is 2.22. The number of hydrogen-bond donors (Lipinski definition) is 2. The Hall–Kier alpha value is -1.44. The van der Waals surface area contributed by atoms with Crippen LogP contribution in [0.5, 0.6) is 0 Å². The molecular formula is C15H22N2O4S. The van der Waals surface area contributed by atoms with Crippen molar-refractivity contribution in [2.45, 2.75) is 49.6 Å². The van der Waals surface area contributed by atoms with Crippen LogP contribution in [0.1, 0.15) is 41.6 Å². The second-order valence-corrected chi connectivity index (χ2v) is 7.41. The largest absolute Gasteiger partial charge is 0.465 e. The van der Waals surface area contributed by atoms with Crippen LogP contribution in [0.2, 0.25) is 0 Å². The van der Waals surface area contributed by atoms with Crippen molar-refractivity contribution >= 4 is 16.0 Å². The normalized spacial score (nSPS) is 22.3. The van der Waals surface area contributed by atoms with Crippen LogP contribution in [0.25, 0.3) is 0 Å². The van der Waals surface area contributed by atoms with E-state index < -0.39 is 16.0 Å². The molecule has 1 aromatic rings. The quantitative estimate of drug-likeness (QED) is 0.813. The Morgan fingerprint density at radius 3 is 2.50 bits per heavy atom. The third-order valence-electron chi connectivity index (χ3n) is 3.92. The average Bonchev–Trinajstić information content (AvgIpc) is 2.48. The third kappa shape index (κ3) is 3.85. The molecule has 1 aliphatic rings. The van der Waals surface area contributed by atoms with Gasteiger partial charge in [-0.1, -0.05) is 11.6 Å². The molecule has 0 unspecified atom stereocenters.